The molecule has 0 bridgehead atoms. The first-order chi connectivity index (χ1) is 13.2. The van der Waals surface area contributed by atoms with Crippen LogP contribution < -0.4 is 0 Å². The Hall–Kier alpha value is -2.58. The first-order valence-corrected chi connectivity index (χ1v) is 9.82. The van der Waals surface area contributed by atoms with Crippen molar-refractivity contribution in [1.29, 1.82) is 0 Å². The van der Waals surface area contributed by atoms with Crippen LogP contribution in [0, 0.1) is 0 Å². The molecule has 0 radical (unpaired) electrons. The van der Waals surface area contributed by atoms with Crippen molar-refractivity contribution in [3.05, 3.63) is 83.0 Å². The van der Waals surface area contributed by atoms with Crippen molar-refractivity contribution in [3.8, 4) is 0 Å². The van der Waals surface area contributed by atoms with Gasteiger partial charge >= 0.3 is 6.18 Å². The summed E-state index contributed by atoms with van der Waals surface area (Å²) in [4.78, 5) is -1.63. The molecule has 0 heterocycles. The average Bonchev–Trinajstić information content (AvgIpc) is 2.66. The van der Waals surface area contributed by atoms with Gasteiger partial charge in [-0.25, -0.2) is 8.42 Å². The summed E-state index contributed by atoms with van der Waals surface area (Å²) in [6, 6.07) is 15.1. The number of aliphatic hydroxyl groups excluding tert-OH is 1. The predicted octanol–water partition coefficient (Wildman–Crippen LogP) is 4.35. The molecule has 8 heteroatoms. The van der Waals surface area contributed by atoms with Crippen LogP contribution in [0.4, 0.5) is 13.2 Å². The van der Waals surface area contributed by atoms with E-state index in [-0.39, 0.29) is 4.90 Å². The number of allylic oxidation sites excluding steroid dienone is 1. The van der Waals surface area contributed by atoms with E-state index in [1.807, 2.05) is 0 Å². The van der Waals surface area contributed by atoms with E-state index in [4.69, 9.17) is 0 Å². The molecule has 4 nitrogen and oxygen atoms in total. The molecule has 28 heavy (non-hydrogen) atoms. The van der Waals surface area contributed by atoms with Crippen molar-refractivity contribution < 1.29 is 31.4 Å². The number of halogens is 3. The summed E-state index contributed by atoms with van der Waals surface area (Å²) in [6.07, 6.45) is -4.84. The Morgan fingerprint density at radius 3 is 2.11 bits per heavy atom. The summed E-state index contributed by atoms with van der Waals surface area (Å²) < 4.78 is 71.1. The molecule has 0 saturated carbocycles. The Kier molecular flexibility index (Phi) is 7.04. The second-order valence-corrected chi connectivity index (χ2v) is 7.57. The number of sulfone groups is 1. The molecule has 0 aliphatic carbocycles. The number of benzene rings is 2. The maximum absolute atomic E-state index is 13.5. The highest BCUT2D eigenvalue weighted by atomic mass is 32.2. The third-order valence-corrected chi connectivity index (χ3v) is 5.55. The van der Waals surface area contributed by atoms with Crippen LogP contribution in [0.15, 0.2) is 82.3 Å². The molecule has 0 aliphatic rings. The summed E-state index contributed by atoms with van der Waals surface area (Å²) in [5.41, 5.74) is 0.586. The molecule has 0 fully saturated rings. The van der Waals surface area contributed by atoms with Gasteiger partial charge in [0, 0.05) is 0 Å². The van der Waals surface area contributed by atoms with Crippen LogP contribution in [-0.4, -0.2) is 32.4 Å². The molecule has 2 rings (SSSR count). The summed E-state index contributed by atoms with van der Waals surface area (Å²) in [5.74, 6) is -1.73. The minimum absolute atomic E-state index is 0.376. The molecule has 0 spiro atoms. The maximum Gasteiger partial charge on any atom is 0.450 e. The van der Waals surface area contributed by atoms with Crippen molar-refractivity contribution in [2.75, 3.05) is 6.61 Å². The minimum atomic E-state index is -5.10. The van der Waals surface area contributed by atoms with Crippen molar-refractivity contribution >= 4 is 15.9 Å². The summed E-state index contributed by atoms with van der Waals surface area (Å²) in [5, 5.41) is 10.4. The Morgan fingerprint density at radius 2 is 1.61 bits per heavy atom. The summed E-state index contributed by atoms with van der Waals surface area (Å²) in [7, 11) is -4.68. The molecule has 0 amide bonds. The first-order valence-electron chi connectivity index (χ1n) is 8.33. The van der Waals surface area contributed by atoms with E-state index >= 15 is 0 Å². The Bertz CT molecular complexity index is 934. The topological polar surface area (TPSA) is 63.6 Å². The normalized spacial score (nSPS) is 14.6. The zero-order valence-corrected chi connectivity index (χ0v) is 15.7. The van der Waals surface area contributed by atoms with Crippen LogP contribution in [0.3, 0.4) is 0 Å². The highest BCUT2D eigenvalue weighted by Crippen LogP contribution is 2.35. The molecule has 2 aromatic rings. The summed E-state index contributed by atoms with van der Waals surface area (Å²) in [6.45, 7) is 0.877. The molecule has 0 aliphatic heterocycles. The van der Waals surface area contributed by atoms with E-state index < -0.39 is 39.4 Å². The SMILES string of the molecule is CCO/C(=C(\C(O)/C=C/c1ccccc1)S(=O)(=O)c1ccccc1)C(F)(F)F. The van der Waals surface area contributed by atoms with Crippen molar-refractivity contribution in [2.45, 2.75) is 24.1 Å². The van der Waals surface area contributed by atoms with E-state index in [1.54, 1.807) is 30.3 Å². The van der Waals surface area contributed by atoms with Crippen LogP contribution in [-0.2, 0) is 14.6 Å². The van der Waals surface area contributed by atoms with Gasteiger partial charge in [0.2, 0.25) is 15.6 Å². The largest absolute Gasteiger partial charge is 0.488 e. The van der Waals surface area contributed by atoms with Gasteiger partial charge in [0.15, 0.2) is 0 Å². The zero-order chi connectivity index (χ0) is 20.8. The molecule has 0 aromatic heterocycles. The lowest BCUT2D eigenvalue weighted by molar-refractivity contribution is -0.131. The fraction of sp³-hybridized carbons (Fsp3) is 0.200. The molecule has 1 N–H and O–H groups in total. The Labute approximate surface area is 161 Å². The maximum atomic E-state index is 13.5. The standard InChI is InChI=1S/C20H19F3O4S/c1-2-27-19(20(21,22)23)18(28(25,26)16-11-7-4-8-12-16)17(24)14-13-15-9-5-3-6-10-15/h3-14,17,24H,2H2,1H3/b14-13+,19-18+. The third-order valence-electron chi connectivity index (χ3n) is 3.65. The van der Waals surface area contributed by atoms with Gasteiger partial charge in [-0.2, -0.15) is 13.2 Å². The van der Waals surface area contributed by atoms with Gasteiger partial charge in [0.1, 0.15) is 11.0 Å². The van der Waals surface area contributed by atoms with Gasteiger partial charge in [-0.15, -0.1) is 0 Å². The van der Waals surface area contributed by atoms with Gasteiger partial charge in [-0.3, -0.25) is 0 Å². The second kappa shape index (κ2) is 9.07. The van der Waals surface area contributed by atoms with Crippen LogP contribution in [0.25, 0.3) is 6.08 Å². The van der Waals surface area contributed by atoms with E-state index in [9.17, 15) is 26.7 Å². The molecular weight excluding hydrogens is 393 g/mol. The molecule has 0 saturated heterocycles. The van der Waals surface area contributed by atoms with Gasteiger partial charge < -0.3 is 9.84 Å². The number of rotatable bonds is 7. The minimum Gasteiger partial charge on any atom is -0.488 e. The number of hydrogen-bond acceptors (Lipinski definition) is 4. The lowest BCUT2D eigenvalue weighted by Gasteiger charge is -2.20. The van der Waals surface area contributed by atoms with Crippen LogP contribution >= 0.6 is 0 Å². The van der Waals surface area contributed by atoms with E-state index in [0.717, 1.165) is 18.2 Å². The van der Waals surface area contributed by atoms with E-state index in [2.05, 4.69) is 4.74 Å². The van der Waals surface area contributed by atoms with Crippen molar-refractivity contribution in [2.24, 2.45) is 0 Å². The van der Waals surface area contributed by atoms with E-state index in [0.29, 0.717) is 5.56 Å². The zero-order valence-electron chi connectivity index (χ0n) is 14.9. The van der Waals surface area contributed by atoms with Gasteiger partial charge in [-0.1, -0.05) is 60.7 Å². The monoisotopic (exact) mass is 412 g/mol. The lowest BCUT2D eigenvalue weighted by atomic mass is 10.2. The molecule has 150 valence electrons. The number of hydrogen-bond donors (Lipinski definition) is 1. The number of alkyl halides is 3. The number of aliphatic hydroxyl groups is 1. The molecular formula is C20H19F3O4S. The predicted molar refractivity (Wildman–Crippen MR) is 99.8 cm³/mol. The summed E-state index contributed by atoms with van der Waals surface area (Å²) >= 11 is 0. The van der Waals surface area contributed by atoms with Gasteiger partial charge in [0.25, 0.3) is 0 Å². The van der Waals surface area contributed by atoms with E-state index in [1.165, 1.54) is 31.2 Å². The van der Waals surface area contributed by atoms with Crippen molar-refractivity contribution in [1.82, 2.24) is 0 Å². The highest BCUT2D eigenvalue weighted by Gasteiger charge is 2.44. The Morgan fingerprint density at radius 1 is 1.07 bits per heavy atom. The van der Waals surface area contributed by atoms with Crippen LogP contribution in [0.2, 0.25) is 0 Å². The Balaban J connectivity index is 2.64. The quantitative estimate of drug-likeness (QED) is 0.687. The van der Waals surface area contributed by atoms with Crippen molar-refractivity contribution in [3.63, 3.8) is 0 Å². The number of ether oxygens (including phenoxy) is 1. The molecule has 2 aromatic carbocycles. The van der Waals surface area contributed by atoms with Crippen LogP contribution in [0.1, 0.15) is 12.5 Å². The highest BCUT2D eigenvalue weighted by molar-refractivity contribution is 7.95. The average molecular weight is 412 g/mol. The third kappa shape index (κ3) is 5.24. The first kappa shape index (κ1) is 21.7. The van der Waals surface area contributed by atoms with Gasteiger partial charge in [0.05, 0.1) is 11.5 Å². The second-order valence-electron chi connectivity index (χ2n) is 5.66. The fourth-order valence-electron chi connectivity index (χ4n) is 2.43. The fourth-order valence-corrected chi connectivity index (χ4v) is 4.02. The molecule has 1 unspecified atom stereocenters. The smallest absolute Gasteiger partial charge is 0.450 e. The molecule has 1 atom stereocenters. The van der Waals surface area contributed by atoms with Crippen LogP contribution in [0.5, 0.6) is 0 Å². The lowest BCUT2D eigenvalue weighted by Crippen LogP contribution is -2.27. The van der Waals surface area contributed by atoms with Gasteiger partial charge in [-0.05, 0) is 24.6 Å².